The summed E-state index contributed by atoms with van der Waals surface area (Å²) in [5, 5.41) is 9.67. The summed E-state index contributed by atoms with van der Waals surface area (Å²) < 4.78 is 10.6. The summed E-state index contributed by atoms with van der Waals surface area (Å²) in [5.41, 5.74) is 2.70. The van der Waals surface area contributed by atoms with E-state index in [9.17, 15) is 9.67 Å². The number of phenolic OH excluding ortho intramolecular Hbond substituents is 1. The summed E-state index contributed by atoms with van der Waals surface area (Å²) in [6.07, 6.45) is 7.96. The van der Waals surface area contributed by atoms with E-state index < -0.39 is 0 Å². The maximum Gasteiger partial charge on any atom is 0.155 e. The monoisotopic (exact) mass is 366 g/mol. The summed E-state index contributed by atoms with van der Waals surface area (Å²) in [5.74, 6) is 0.407. The zero-order valence-electron chi connectivity index (χ0n) is 17.5. The Labute approximate surface area is 157 Å². The number of hydrogen-bond acceptors (Lipinski definition) is 2. The Bertz CT molecular complexity index is 499. The molecule has 0 unspecified atom stereocenters. The fraction of sp³-hybridized carbons (Fsp3) is 0.727. The molecule has 3 heteroatoms. The van der Waals surface area contributed by atoms with Crippen LogP contribution in [-0.4, -0.2) is 11.3 Å². The molecular formula is C22H39O2P. The molecule has 0 saturated carbocycles. The Hall–Kier alpha value is -0.880. The molecule has 0 bridgehead atoms. The van der Waals surface area contributed by atoms with E-state index in [1.807, 2.05) is 6.07 Å². The molecule has 0 radical (unpaired) electrons. The van der Waals surface area contributed by atoms with Crippen molar-refractivity contribution in [1.82, 2.24) is 0 Å². The van der Waals surface area contributed by atoms with Crippen molar-refractivity contribution in [1.29, 1.82) is 0 Å². The van der Waals surface area contributed by atoms with E-state index in [-0.39, 0.29) is 5.41 Å². The Morgan fingerprint density at radius 1 is 1.04 bits per heavy atom. The van der Waals surface area contributed by atoms with E-state index in [1.54, 1.807) is 6.07 Å². The zero-order chi connectivity index (χ0) is 19.5. The third-order valence-corrected chi connectivity index (χ3v) is 6.04. The van der Waals surface area contributed by atoms with Crippen LogP contribution in [-0.2, 0) is 16.4 Å². The van der Waals surface area contributed by atoms with E-state index in [1.165, 1.54) is 37.7 Å². The number of unbranched alkanes of at least 4 members (excludes halogenated alkanes) is 1. The molecule has 0 atom stereocenters. The van der Waals surface area contributed by atoms with Gasteiger partial charge in [0.25, 0.3) is 0 Å². The van der Waals surface area contributed by atoms with Crippen molar-refractivity contribution in [2.24, 2.45) is 5.41 Å². The number of benzene rings is 1. The fourth-order valence-electron chi connectivity index (χ4n) is 3.00. The highest BCUT2D eigenvalue weighted by Crippen LogP contribution is 2.35. The second-order valence-corrected chi connectivity index (χ2v) is 8.63. The van der Waals surface area contributed by atoms with Gasteiger partial charge >= 0.3 is 0 Å². The largest absolute Gasteiger partial charge is 0.508 e. The summed E-state index contributed by atoms with van der Waals surface area (Å²) in [4.78, 5) is 0. The molecule has 0 amide bonds. The van der Waals surface area contributed by atoms with E-state index in [0.717, 1.165) is 18.1 Å². The average Bonchev–Trinajstić information content (AvgIpc) is 2.59. The standard InChI is InChI=1S/C12H18O.C10H21OP/c1-5-9-6-7-11(13)10(8-9)12(2,3)4;1-4-7-8-10(5-2,6-3)9-12-11/h6-8,13H,5H2,1-4H3;4-9H2,1-3H3. The van der Waals surface area contributed by atoms with Gasteiger partial charge < -0.3 is 5.11 Å². The lowest BCUT2D eigenvalue weighted by molar-refractivity contribution is 0.270. The summed E-state index contributed by atoms with van der Waals surface area (Å²) in [7, 11) is 0.321. The van der Waals surface area contributed by atoms with Gasteiger partial charge in [-0.25, -0.2) is 0 Å². The van der Waals surface area contributed by atoms with Gasteiger partial charge in [-0.1, -0.05) is 73.4 Å². The number of rotatable bonds is 8. The first kappa shape index (κ1) is 24.1. The predicted octanol–water partition coefficient (Wildman–Crippen LogP) is 7.53. The van der Waals surface area contributed by atoms with Crippen LogP contribution in [0, 0.1) is 5.41 Å². The molecule has 1 aromatic carbocycles. The predicted molar refractivity (Wildman–Crippen MR) is 111 cm³/mol. The van der Waals surface area contributed by atoms with E-state index in [4.69, 9.17) is 0 Å². The molecule has 0 aliphatic rings. The minimum atomic E-state index is 0.0231. The molecule has 1 rings (SSSR count). The Balaban J connectivity index is 0.000000463. The first-order valence-electron chi connectivity index (χ1n) is 9.81. The molecule has 144 valence electrons. The maximum atomic E-state index is 10.6. The van der Waals surface area contributed by atoms with Gasteiger partial charge in [0.15, 0.2) is 8.46 Å². The molecule has 0 aromatic heterocycles. The van der Waals surface area contributed by atoms with Crippen molar-refractivity contribution in [3.8, 4) is 5.75 Å². The molecule has 0 saturated heterocycles. The van der Waals surface area contributed by atoms with Crippen molar-refractivity contribution in [2.45, 2.75) is 92.4 Å². The Morgan fingerprint density at radius 2 is 1.64 bits per heavy atom. The topological polar surface area (TPSA) is 37.3 Å². The number of aromatic hydroxyl groups is 1. The maximum absolute atomic E-state index is 10.6. The Morgan fingerprint density at radius 3 is 2.04 bits per heavy atom. The molecule has 1 N–H and O–H groups in total. The highest BCUT2D eigenvalue weighted by Gasteiger charge is 2.25. The molecule has 0 aliphatic heterocycles. The average molecular weight is 367 g/mol. The van der Waals surface area contributed by atoms with Crippen LogP contribution in [0.5, 0.6) is 5.75 Å². The second-order valence-electron chi connectivity index (χ2n) is 8.05. The van der Waals surface area contributed by atoms with Gasteiger partial charge in [0.2, 0.25) is 0 Å². The molecule has 0 fully saturated rings. The molecular weight excluding hydrogens is 327 g/mol. The lowest BCUT2D eigenvalue weighted by Crippen LogP contribution is -2.20. The van der Waals surface area contributed by atoms with Gasteiger partial charge in [0.05, 0.1) is 0 Å². The van der Waals surface area contributed by atoms with Crippen molar-refractivity contribution < 1.29 is 9.67 Å². The van der Waals surface area contributed by atoms with Gasteiger partial charge in [-0.2, -0.15) is 0 Å². The van der Waals surface area contributed by atoms with Gasteiger partial charge in [0, 0.05) is 6.16 Å². The van der Waals surface area contributed by atoms with Crippen molar-refractivity contribution >= 4 is 8.46 Å². The number of aryl methyl sites for hydroxylation is 1. The van der Waals surface area contributed by atoms with E-state index in [2.05, 4.69) is 54.5 Å². The van der Waals surface area contributed by atoms with Gasteiger partial charge in [-0.15, -0.1) is 0 Å². The normalized spacial score (nSPS) is 12.0. The van der Waals surface area contributed by atoms with Gasteiger partial charge in [-0.05, 0) is 53.7 Å². The first-order chi connectivity index (χ1) is 11.7. The van der Waals surface area contributed by atoms with Gasteiger partial charge in [-0.3, -0.25) is 4.57 Å². The van der Waals surface area contributed by atoms with Gasteiger partial charge in [0.1, 0.15) is 5.75 Å². The lowest BCUT2D eigenvalue weighted by Gasteiger charge is -2.28. The first-order valence-corrected chi connectivity index (χ1v) is 10.8. The van der Waals surface area contributed by atoms with Crippen LogP contribution in [0.25, 0.3) is 0 Å². The minimum absolute atomic E-state index is 0.0231. The molecule has 0 heterocycles. The minimum Gasteiger partial charge on any atom is -0.508 e. The zero-order valence-corrected chi connectivity index (χ0v) is 18.4. The van der Waals surface area contributed by atoms with Crippen LogP contribution in [0.3, 0.4) is 0 Å². The quantitative estimate of drug-likeness (QED) is 0.483. The summed E-state index contributed by atoms with van der Waals surface area (Å²) >= 11 is 0. The van der Waals surface area contributed by atoms with Crippen molar-refractivity contribution in [3.05, 3.63) is 29.3 Å². The molecule has 2 nitrogen and oxygen atoms in total. The van der Waals surface area contributed by atoms with Crippen LogP contribution in [0.1, 0.15) is 91.7 Å². The van der Waals surface area contributed by atoms with Crippen LogP contribution < -0.4 is 0 Å². The third-order valence-electron chi connectivity index (χ3n) is 5.24. The third kappa shape index (κ3) is 8.36. The number of hydrogen-bond donors (Lipinski definition) is 1. The highest BCUT2D eigenvalue weighted by atomic mass is 31.1. The Kier molecular flexibility index (Phi) is 11.3. The van der Waals surface area contributed by atoms with Crippen LogP contribution in [0.4, 0.5) is 0 Å². The van der Waals surface area contributed by atoms with E-state index >= 15 is 0 Å². The lowest BCUT2D eigenvalue weighted by atomic mass is 9.80. The molecule has 0 spiro atoms. The summed E-state index contributed by atoms with van der Waals surface area (Å²) in [6, 6.07) is 5.86. The molecule has 1 aromatic rings. The fourth-order valence-corrected chi connectivity index (χ4v) is 3.88. The SMILES string of the molecule is CCCCC(CC)(CC)CP=O.CCc1ccc(O)c(C(C)(C)C)c1. The number of phenols is 1. The van der Waals surface area contributed by atoms with Crippen LogP contribution in [0.2, 0.25) is 0 Å². The second kappa shape index (κ2) is 11.7. The van der Waals surface area contributed by atoms with Crippen LogP contribution >= 0.6 is 8.46 Å². The van der Waals surface area contributed by atoms with Crippen LogP contribution in [0.15, 0.2) is 18.2 Å². The van der Waals surface area contributed by atoms with Crippen molar-refractivity contribution in [2.75, 3.05) is 6.16 Å². The van der Waals surface area contributed by atoms with Crippen molar-refractivity contribution in [3.63, 3.8) is 0 Å². The smallest absolute Gasteiger partial charge is 0.155 e. The summed E-state index contributed by atoms with van der Waals surface area (Å²) in [6.45, 7) is 15.1. The van der Waals surface area contributed by atoms with E-state index in [0.29, 0.717) is 19.6 Å². The highest BCUT2D eigenvalue weighted by molar-refractivity contribution is 7.23. The molecule has 25 heavy (non-hydrogen) atoms. The molecule has 0 aliphatic carbocycles.